The van der Waals surface area contributed by atoms with E-state index >= 15 is 0 Å². The zero-order valence-electron chi connectivity index (χ0n) is 14.4. The number of imidazole rings is 1. The highest BCUT2D eigenvalue weighted by atomic mass is 32.2. The molecule has 3 aromatic rings. The topological polar surface area (TPSA) is 46.9 Å². The van der Waals surface area contributed by atoms with Crippen LogP contribution in [0, 0.1) is 17.5 Å². The van der Waals surface area contributed by atoms with Gasteiger partial charge in [0, 0.05) is 6.54 Å². The second kappa shape index (κ2) is 7.87. The average molecular weight is 391 g/mol. The van der Waals surface area contributed by atoms with Crippen molar-refractivity contribution in [2.75, 3.05) is 5.32 Å². The number of thioether (sulfide) groups is 1. The van der Waals surface area contributed by atoms with Gasteiger partial charge >= 0.3 is 0 Å². The van der Waals surface area contributed by atoms with Crippen LogP contribution in [0.3, 0.4) is 0 Å². The molecule has 2 aromatic carbocycles. The number of nitrogens with zero attached hydrogens (tertiary/aromatic N) is 2. The number of amides is 1. The number of hydrogen-bond acceptors (Lipinski definition) is 3. The van der Waals surface area contributed by atoms with Crippen molar-refractivity contribution in [2.45, 2.75) is 23.9 Å². The Kier molecular flexibility index (Phi) is 5.55. The van der Waals surface area contributed by atoms with E-state index in [2.05, 4.69) is 16.9 Å². The Morgan fingerprint density at radius 1 is 1.26 bits per heavy atom. The Bertz CT molecular complexity index is 1020. The number of benzene rings is 2. The van der Waals surface area contributed by atoms with Gasteiger partial charge in [0.25, 0.3) is 0 Å². The highest BCUT2D eigenvalue weighted by molar-refractivity contribution is 8.00. The van der Waals surface area contributed by atoms with Crippen LogP contribution in [0.1, 0.15) is 6.92 Å². The predicted octanol–water partition coefficient (Wildman–Crippen LogP) is 4.76. The summed E-state index contributed by atoms with van der Waals surface area (Å²) in [7, 11) is 0. The molecule has 0 radical (unpaired) electrons. The van der Waals surface area contributed by atoms with Gasteiger partial charge in [0.1, 0.15) is 0 Å². The van der Waals surface area contributed by atoms with Gasteiger partial charge in [-0.3, -0.25) is 4.79 Å². The van der Waals surface area contributed by atoms with E-state index in [-0.39, 0.29) is 0 Å². The molecule has 8 heteroatoms. The molecule has 0 saturated carbocycles. The summed E-state index contributed by atoms with van der Waals surface area (Å²) >= 11 is 1.18. The normalized spacial score (nSPS) is 12.1. The number of carbonyl (C=O) groups excluding carboxylic acids is 1. The van der Waals surface area contributed by atoms with Crippen molar-refractivity contribution in [3.63, 3.8) is 0 Å². The van der Waals surface area contributed by atoms with Crippen LogP contribution >= 0.6 is 11.8 Å². The van der Waals surface area contributed by atoms with Gasteiger partial charge < -0.3 is 9.88 Å². The first-order valence-corrected chi connectivity index (χ1v) is 8.97. The van der Waals surface area contributed by atoms with E-state index in [1.807, 2.05) is 28.8 Å². The van der Waals surface area contributed by atoms with Crippen molar-refractivity contribution in [3.8, 4) is 0 Å². The van der Waals surface area contributed by atoms with Crippen LogP contribution < -0.4 is 5.32 Å². The SMILES string of the molecule is C=CCn1c(S[C@@H](C)C(=O)Nc2ccc(F)c(F)c2F)nc2ccccc21. The number of hydrogen-bond donors (Lipinski definition) is 1. The zero-order chi connectivity index (χ0) is 19.6. The van der Waals surface area contributed by atoms with Gasteiger partial charge in [0.05, 0.1) is 22.0 Å². The molecule has 0 aliphatic carbocycles. The van der Waals surface area contributed by atoms with Crippen molar-refractivity contribution < 1.29 is 18.0 Å². The van der Waals surface area contributed by atoms with Crippen LogP contribution in [-0.4, -0.2) is 20.7 Å². The van der Waals surface area contributed by atoms with Crippen molar-refractivity contribution in [1.82, 2.24) is 9.55 Å². The second-order valence-corrected chi connectivity index (χ2v) is 7.06. The highest BCUT2D eigenvalue weighted by Gasteiger charge is 2.21. The van der Waals surface area contributed by atoms with Gasteiger partial charge in [0.2, 0.25) is 5.91 Å². The van der Waals surface area contributed by atoms with E-state index in [1.165, 1.54) is 11.8 Å². The molecule has 1 amide bonds. The number of rotatable bonds is 6. The van der Waals surface area contributed by atoms with Crippen molar-refractivity contribution in [2.24, 2.45) is 0 Å². The maximum Gasteiger partial charge on any atom is 0.237 e. The molecule has 0 fully saturated rings. The van der Waals surface area contributed by atoms with Gasteiger partial charge in [0.15, 0.2) is 22.6 Å². The summed E-state index contributed by atoms with van der Waals surface area (Å²) in [5.41, 5.74) is 1.27. The third kappa shape index (κ3) is 3.85. The fourth-order valence-electron chi connectivity index (χ4n) is 2.52. The minimum absolute atomic E-state index is 0.411. The summed E-state index contributed by atoms with van der Waals surface area (Å²) in [5, 5.41) is 2.23. The van der Waals surface area contributed by atoms with Gasteiger partial charge in [-0.25, -0.2) is 18.2 Å². The number of anilines is 1. The molecule has 140 valence electrons. The van der Waals surface area contributed by atoms with Crippen LogP contribution in [-0.2, 0) is 11.3 Å². The molecule has 0 saturated heterocycles. The minimum atomic E-state index is -1.62. The lowest BCUT2D eigenvalue weighted by atomic mass is 10.2. The maximum atomic E-state index is 13.8. The number of allylic oxidation sites excluding steroid dienone is 1. The fourth-order valence-corrected chi connectivity index (χ4v) is 3.45. The number of aromatic nitrogens is 2. The van der Waals surface area contributed by atoms with E-state index in [4.69, 9.17) is 0 Å². The third-order valence-corrected chi connectivity index (χ3v) is 4.97. The lowest BCUT2D eigenvalue weighted by molar-refractivity contribution is -0.115. The van der Waals surface area contributed by atoms with Gasteiger partial charge in [-0.1, -0.05) is 30.0 Å². The monoisotopic (exact) mass is 391 g/mol. The first kappa shape index (κ1) is 19.0. The molecule has 0 bridgehead atoms. The summed E-state index contributed by atoms with van der Waals surface area (Å²) in [6.07, 6.45) is 1.72. The number of nitrogens with one attached hydrogen (secondary N) is 1. The van der Waals surface area contributed by atoms with Crippen molar-refractivity contribution >= 4 is 34.4 Å². The summed E-state index contributed by atoms with van der Waals surface area (Å²) in [4.78, 5) is 16.9. The second-order valence-electron chi connectivity index (χ2n) is 5.75. The van der Waals surface area contributed by atoms with Crippen molar-refractivity contribution in [1.29, 1.82) is 0 Å². The predicted molar refractivity (Wildman–Crippen MR) is 100 cm³/mol. The fraction of sp³-hybridized carbons (Fsp3) is 0.158. The number of carbonyl (C=O) groups is 1. The highest BCUT2D eigenvalue weighted by Crippen LogP contribution is 2.28. The van der Waals surface area contributed by atoms with Crippen LogP contribution in [0.4, 0.5) is 18.9 Å². The molecule has 27 heavy (non-hydrogen) atoms. The lowest BCUT2D eigenvalue weighted by Crippen LogP contribution is -2.23. The largest absolute Gasteiger partial charge is 0.323 e. The van der Waals surface area contributed by atoms with E-state index in [0.717, 1.165) is 23.2 Å². The molecule has 3 rings (SSSR count). The minimum Gasteiger partial charge on any atom is -0.323 e. The number of para-hydroxylation sites is 2. The molecule has 0 spiro atoms. The molecule has 0 aliphatic heterocycles. The lowest BCUT2D eigenvalue weighted by Gasteiger charge is -2.13. The quantitative estimate of drug-likeness (QED) is 0.374. The van der Waals surface area contributed by atoms with E-state index in [0.29, 0.717) is 11.7 Å². The molecule has 0 aliphatic rings. The van der Waals surface area contributed by atoms with E-state index < -0.39 is 34.3 Å². The molecular formula is C19H16F3N3OS. The molecule has 0 unspecified atom stereocenters. The van der Waals surface area contributed by atoms with Crippen LogP contribution in [0.5, 0.6) is 0 Å². The average Bonchev–Trinajstić information content (AvgIpc) is 3.00. The van der Waals surface area contributed by atoms with E-state index in [1.54, 1.807) is 13.0 Å². The molecule has 4 nitrogen and oxygen atoms in total. The molecule has 1 aromatic heterocycles. The molecule has 1 N–H and O–H groups in total. The molecular weight excluding hydrogens is 375 g/mol. The standard InChI is InChI=1S/C19H16F3N3OS/c1-3-10-25-15-7-5-4-6-13(15)24-19(25)27-11(2)18(26)23-14-9-8-12(20)16(21)17(14)22/h3-9,11H,1,10H2,2H3,(H,23,26)/t11-/m0/s1. The van der Waals surface area contributed by atoms with E-state index in [9.17, 15) is 18.0 Å². The summed E-state index contributed by atoms with van der Waals surface area (Å²) in [5.74, 6) is -4.92. The van der Waals surface area contributed by atoms with Crippen LogP contribution in [0.15, 0.2) is 54.2 Å². The van der Waals surface area contributed by atoms with Crippen LogP contribution in [0.25, 0.3) is 11.0 Å². The van der Waals surface area contributed by atoms with Crippen LogP contribution in [0.2, 0.25) is 0 Å². The third-order valence-electron chi connectivity index (χ3n) is 3.88. The molecule has 1 heterocycles. The number of halogens is 3. The Labute approximate surface area is 158 Å². The Morgan fingerprint density at radius 3 is 2.74 bits per heavy atom. The maximum absolute atomic E-state index is 13.8. The Hall–Kier alpha value is -2.74. The summed E-state index contributed by atoms with van der Waals surface area (Å²) in [6.45, 7) is 5.86. The summed E-state index contributed by atoms with van der Waals surface area (Å²) in [6, 6.07) is 9.27. The van der Waals surface area contributed by atoms with Gasteiger partial charge in [-0.05, 0) is 31.2 Å². The Morgan fingerprint density at radius 2 is 2.00 bits per heavy atom. The summed E-state index contributed by atoms with van der Waals surface area (Å²) < 4.78 is 42.0. The smallest absolute Gasteiger partial charge is 0.237 e. The molecule has 1 atom stereocenters. The number of fused-ring (bicyclic) bond motifs is 1. The first-order valence-electron chi connectivity index (χ1n) is 8.09. The van der Waals surface area contributed by atoms with Crippen molar-refractivity contribution in [3.05, 3.63) is 66.5 Å². The van der Waals surface area contributed by atoms with Gasteiger partial charge in [-0.15, -0.1) is 6.58 Å². The van der Waals surface area contributed by atoms with Gasteiger partial charge in [-0.2, -0.15) is 0 Å². The Balaban J connectivity index is 1.81. The first-order chi connectivity index (χ1) is 12.9. The zero-order valence-corrected chi connectivity index (χ0v) is 15.2.